The van der Waals surface area contributed by atoms with Gasteiger partial charge in [-0.05, 0) is 29.8 Å². The maximum absolute atomic E-state index is 14.4. The van der Waals surface area contributed by atoms with Gasteiger partial charge in [-0.2, -0.15) is 13.2 Å². The highest BCUT2D eigenvalue weighted by Crippen LogP contribution is 2.31. The number of rotatable bonds is 7. The van der Waals surface area contributed by atoms with Gasteiger partial charge >= 0.3 is 6.18 Å². The van der Waals surface area contributed by atoms with Crippen molar-refractivity contribution in [1.82, 2.24) is 15.0 Å². The Morgan fingerprint density at radius 3 is 2.58 bits per heavy atom. The number of benzene rings is 1. The summed E-state index contributed by atoms with van der Waals surface area (Å²) < 4.78 is 69.0. The molecule has 2 N–H and O–H groups in total. The van der Waals surface area contributed by atoms with Crippen molar-refractivity contribution in [3.05, 3.63) is 84.0 Å². The van der Waals surface area contributed by atoms with E-state index < -0.39 is 17.6 Å². The molecule has 0 amide bonds. The van der Waals surface area contributed by atoms with Crippen molar-refractivity contribution in [2.75, 3.05) is 5.73 Å². The normalized spacial score (nSPS) is 11.4. The molecule has 7 nitrogen and oxygen atoms in total. The van der Waals surface area contributed by atoms with Gasteiger partial charge in [-0.15, -0.1) is 0 Å². The molecule has 170 valence electrons. The first-order valence-electron chi connectivity index (χ1n) is 9.51. The van der Waals surface area contributed by atoms with Gasteiger partial charge in [0.15, 0.2) is 12.2 Å². The van der Waals surface area contributed by atoms with Gasteiger partial charge in [0.1, 0.15) is 24.7 Å². The molecule has 11 heteroatoms. The summed E-state index contributed by atoms with van der Waals surface area (Å²) in [6, 6.07) is 8.56. The lowest BCUT2D eigenvalue weighted by Gasteiger charge is -2.11. The Labute approximate surface area is 184 Å². The zero-order chi connectivity index (χ0) is 23.4. The van der Waals surface area contributed by atoms with Crippen molar-refractivity contribution >= 4 is 5.69 Å². The molecule has 3 heterocycles. The molecule has 0 bridgehead atoms. The minimum Gasteiger partial charge on any atom is -0.473 e. The summed E-state index contributed by atoms with van der Waals surface area (Å²) >= 11 is 0. The quantitative estimate of drug-likeness (QED) is 0.387. The molecule has 0 aliphatic carbocycles. The maximum Gasteiger partial charge on any atom is 0.416 e. The van der Waals surface area contributed by atoms with Crippen LogP contribution < -0.4 is 15.2 Å². The number of hydrogen-bond donors (Lipinski definition) is 1. The first-order valence-corrected chi connectivity index (χ1v) is 9.51. The lowest BCUT2D eigenvalue weighted by Crippen LogP contribution is -2.06. The maximum atomic E-state index is 14.4. The predicted octanol–water partition coefficient (Wildman–Crippen LogP) is 5.03. The summed E-state index contributed by atoms with van der Waals surface area (Å²) in [7, 11) is 0. The number of halogens is 4. The smallest absolute Gasteiger partial charge is 0.416 e. The number of hydrogen-bond acceptors (Lipinski definition) is 7. The van der Waals surface area contributed by atoms with Crippen LogP contribution in [0.1, 0.15) is 16.9 Å². The molecule has 4 rings (SSSR count). The van der Waals surface area contributed by atoms with E-state index in [1.54, 1.807) is 0 Å². The molecule has 0 aliphatic rings. The highest BCUT2D eigenvalue weighted by atomic mass is 19.4. The van der Waals surface area contributed by atoms with E-state index in [4.69, 9.17) is 19.6 Å². The highest BCUT2D eigenvalue weighted by molar-refractivity contribution is 5.66. The van der Waals surface area contributed by atoms with Gasteiger partial charge in [0.05, 0.1) is 17.4 Å². The van der Waals surface area contributed by atoms with Crippen LogP contribution in [0.2, 0.25) is 0 Å². The molecular formula is C22H16F4N4O3. The average Bonchev–Trinajstić information content (AvgIpc) is 3.31. The van der Waals surface area contributed by atoms with Crippen LogP contribution in [0.3, 0.4) is 0 Å². The summed E-state index contributed by atoms with van der Waals surface area (Å²) in [5, 5.41) is 0. The third-order valence-corrected chi connectivity index (χ3v) is 4.45. The number of oxazole rings is 1. The van der Waals surface area contributed by atoms with Crippen LogP contribution in [-0.4, -0.2) is 15.0 Å². The van der Waals surface area contributed by atoms with Crippen molar-refractivity contribution in [2.24, 2.45) is 0 Å². The highest BCUT2D eigenvalue weighted by Gasteiger charge is 2.30. The minimum absolute atomic E-state index is 0.0213. The lowest BCUT2D eigenvalue weighted by atomic mass is 10.1. The summed E-state index contributed by atoms with van der Waals surface area (Å²) in [5.41, 5.74) is 5.79. The molecule has 0 aliphatic heterocycles. The van der Waals surface area contributed by atoms with Crippen molar-refractivity contribution < 1.29 is 31.5 Å². The van der Waals surface area contributed by atoms with E-state index >= 15 is 0 Å². The van der Waals surface area contributed by atoms with Gasteiger partial charge < -0.3 is 19.6 Å². The fourth-order valence-corrected chi connectivity index (χ4v) is 2.87. The summed E-state index contributed by atoms with van der Waals surface area (Å²) in [5.74, 6) is -0.0444. The first kappa shape index (κ1) is 22.1. The third kappa shape index (κ3) is 5.37. The van der Waals surface area contributed by atoms with E-state index in [9.17, 15) is 17.6 Å². The van der Waals surface area contributed by atoms with Gasteiger partial charge in [0.25, 0.3) is 0 Å². The van der Waals surface area contributed by atoms with E-state index in [-0.39, 0.29) is 47.5 Å². The number of anilines is 1. The minimum atomic E-state index is -4.46. The van der Waals surface area contributed by atoms with Crippen LogP contribution in [-0.2, 0) is 19.4 Å². The van der Waals surface area contributed by atoms with Crippen LogP contribution in [0, 0.1) is 5.82 Å². The largest absolute Gasteiger partial charge is 0.473 e. The molecule has 0 saturated carbocycles. The summed E-state index contributed by atoms with van der Waals surface area (Å²) in [6.07, 6.45) is -0.396. The Kier molecular flexibility index (Phi) is 6.11. The van der Waals surface area contributed by atoms with E-state index in [1.807, 2.05) is 0 Å². The van der Waals surface area contributed by atoms with Gasteiger partial charge in [-0.25, -0.2) is 19.3 Å². The van der Waals surface area contributed by atoms with Crippen molar-refractivity contribution in [3.8, 4) is 23.0 Å². The fourth-order valence-electron chi connectivity index (χ4n) is 2.87. The van der Waals surface area contributed by atoms with Gasteiger partial charge in [-0.3, -0.25) is 0 Å². The predicted molar refractivity (Wildman–Crippen MR) is 108 cm³/mol. The molecule has 0 radical (unpaired) electrons. The summed E-state index contributed by atoms with van der Waals surface area (Å²) in [4.78, 5) is 12.0. The summed E-state index contributed by atoms with van der Waals surface area (Å²) in [6.45, 7) is -0.126. The van der Waals surface area contributed by atoms with Gasteiger partial charge in [0, 0.05) is 17.8 Å². The molecule has 4 aromatic rings. The second-order valence-corrected chi connectivity index (χ2v) is 6.84. The Bertz CT molecular complexity index is 1250. The topological polar surface area (TPSA) is 96.3 Å². The Morgan fingerprint density at radius 2 is 1.85 bits per heavy atom. The van der Waals surface area contributed by atoms with E-state index in [2.05, 4.69) is 15.0 Å². The molecule has 33 heavy (non-hydrogen) atoms. The first-order chi connectivity index (χ1) is 15.8. The van der Waals surface area contributed by atoms with Crippen molar-refractivity contribution in [1.29, 1.82) is 0 Å². The monoisotopic (exact) mass is 460 g/mol. The molecule has 1 aromatic carbocycles. The second-order valence-electron chi connectivity index (χ2n) is 6.84. The Balaban J connectivity index is 1.48. The second kappa shape index (κ2) is 9.15. The molecule has 0 saturated heterocycles. The number of nitrogens with two attached hydrogens (primary N) is 1. The zero-order valence-corrected chi connectivity index (χ0v) is 16.8. The molecule has 0 fully saturated rings. The van der Waals surface area contributed by atoms with E-state index in [1.165, 1.54) is 43.1 Å². The number of ether oxygens (including phenoxy) is 2. The zero-order valence-electron chi connectivity index (χ0n) is 16.8. The van der Waals surface area contributed by atoms with E-state index in [0.29, 0.717) is 5.76 Å². The van der Waals surface area contributed by atoms with Crippen molar-refractivity contribution in [3.63, 3.8) is 0 Å². The number of alkyl halides is 3. The Hall–Kier alpha value is -4.15. The van der Waals surface area contributed by atoms with Crippen LogP contribution in [0.15, 0.2) is 65.7 Å². The molecular weight excluding hydrogens is 444 g/mol. The molecule has 0 unspecified atom stereocenters. The molecule has 0 atom stereocenters. The standard InChI is InChI=1S/C22H16F4N4O3/c23-17-4-5-19(31-10-13-2-1-3-15(6-13)22(24,25)26)30-20(17)14-7-18(27)21(29-8-14)32-11-16-9-28-12-33-16/h1-9,12H,10-11,27H2. The number of nitrogens with zero attached hydrogens (tertiary/aromatic N) is 3. The van der Waals surface area contributed by atoms with Crippen LogP contribution in [0.5, 0.6) is 11.8 Å². The van der Waals surface area contributed by atoms with Crippen LogP contribution >= 0.6 is 0 Å². The number of aromatic nitrogens is 3. The average molecular weight is 460 g/mol. The van der Waals surface area contributed by atoms with Crippen LogP contribution in [0.25, 0.3) is 11.3 Å². The lowest BCUT2D eigenvalue weighted by molar-refractivity contribution is -0.137. The molecule has 3 aromatic heterocycles. The van der Waals surface area contributed by atoms with Crippen molar-refractivity contribution in [2.45, 2.75) is 19.4 Å². The Morgan fingerprint density at radius 1 is 1.00 bits per heavy atom. The van der Waals surface area contributed by atoms with Gasteiger partial charge in [0.2, 0.25) is 11.8 Å². The molecule has 0 spiro atoms. The van der Waals surface area contributed by atoms with Gasteiger partial charge in [-0.1, -0.05) is 12.1 Å². The fraction of sp³-hybridized carbons (Fsp3) is 0.136. The van der Waals surface area contributed by atoms with Crippen LogP contribution in [0.4, 0.5) is 23.2 Å². The number of pyridine rings is 2. The third-order valence-electron chi connectivity index (χ3n) is 4.45. The number of nitrogen functional groups attached to an aromatic ring is 1. The SMILES string of the molecule is Nc1cc(-c2nc(OCc3cccc(C(F)(F)F)c3)ccc2F)cnc1OCc1cnco1. The van der Waals surface area contributed by atoms with E-state index in [0.717, 1.165) is 18.2 Å².